The van der Waals surface area contributed by atoms with E-state index in [1.165, 1.54) is 0 Å². The molecule has 1 unspecified atom stereocenters. The van der Waals surface area contributed by atoms with E-state index in [0.717, 1.165) is 49.0 Å². The Hall–Kier alpha value is -2.02. The molecular formula is C23H30Cl2N4O2. The van der Waals surface area contributed by atoms with Gasteiger partial charge in [-0.3, -0.25) is 0 Å². The van der Waals surface area contributed by atoms with Crippen LogP contribution in [0.4, 0.5) is 0 Å². The molecule has 0 bridgehead atoms. The van der Waals surface area contributed by atoms with Gasteiger partial charge in [0.25, 0.3) is 0 Å². The third-order valence-corrected chi connectivity index (χ3v) is 6.06. The molecule has 8 heteroatoms. The molecule has 2 aromatic rings. The first-order valence-corrected chi connectivity index (χ1v) is 11.4. The summed E-state index contributed by atoms with van der Waals surface area (Å²) in [6.45, 7) is 7.06. The van der Waals surface area contributed by atoms with Crippen LogP contribution in [0.3, 0.4) is 0 Å². The Morgan fingerprint density at radius 3 is 2.45 bits per heavy atom. The molecule has 0 saturated carbocycles. The van der Waals surface area contributed by atoms with Gasteiger partial charge in [0.05, 0.1) is 6.61 Å². The van der Waals surface area contributed by atoms with Gasteiger partial charge in [-0.2, -0.15) is 5.43 Å². The van der Waals surface area contributed by atoms with Crippen LogP contribution in [0.2, 0.25) is 10.0 Å². The predicted octanol–water partition coefficient (Wildman–Crippen LogP) is 6.69. The smallest absolute Gasteiger partial charge is 0.146 e. The first kappa shape index (κ1) is 23.6. The number of phenolic OH excluding ortho intramolecular Hbond substituents is 1. The third-order valence-electron chi connectivity index (χ3n) is 5.62. The number of phenols is 1. The van der Waals surface area contributed by atoms with E-state index in [0.29, 0.717) is 22.2 Å². The van der Waals surface area contributed by atoms with Crippen molar-refractivity contribution < 1.29 is 9.84 Å². The highest BCUT2D eigenvalue weighted by Gasteiger charge is 2.31. The van der Waals surface area contributed by atoms with Crippen molar-refractivity contribution >= 4 is 23.2 Å². The van der Waals surface area contributed by atoms with Gasteiger partial charge in [0.1, 0.15) is 17.7 Å². The van der Waals surface area contributed by atoms with Crippen LogP contribution < -0.4 is 15.7 Å². The number of aromatic hydroxyl groups is 1. The van der Waals surface area contributed by atoms with E-state index in [2.05, 4.69) is 42.1 Å². The fraction of sp³-hybridized carbons (Fsp3) is 0.478. The summed E-state index contributed by atoms with van der Waals surface area (Å²) >= 11 is 12.3. The number of unbranched alkanes of at least 4 members (excludes halogenated alkanes) is 2. The topological polar surface area (TPSA) is 78.2 Å². The van der Waals surface area contributed by atoms with Crippen molar-refractivity contribution in [3.05, 3.63) is 45.9 Å². The van der Waals surface area contributed by atoms with Gasteiger partial charge in [0.15, 0.2) is 0 Å². The molecule has 2 aromatic carbocycles. The molecule has 31 heavy (non-hydrogen) atoms. The summed E-state index contributed by atoms with van der Waals surface area (Å²) in [5, 5.41) is 19.6. The largest absolute Gasteiger partial charge is 0.507 e. The second-order valence-corrected chi connectivity index (χ2v) is 9.38. The third kappa shape index (κ3) is 6.25. The molecule has 1 aliphatic heterocycles. The van der Waals surface area contributed by atoms with Crippen LogP contribution >= 0.6 is 23.2 Å². The molecule has 1 aliphatic rings. The summed E-state index contributed by atoms with van der Waals surface area (Å²) in [5.74, 6) is 0.873. The summed E-state index contributed by atoms with van der Waals surface area (Å²) < 4.78 is 6.01. The summed E-state index contributed by atoms with van der Waals surface area (Å²) in [5.41, 5.74) is 8.31. The van der Waals surface area contributed by atoms with Gasteiger partial charge in [-0.25, -0.2) is 5.53 Å². The van der Waals surface area contributed by atoms with Gasteiger partial charge < -0.3 is 9.84 Å². The van der Waals surface area contributed by atoms with Gasteiger partial charge in [0, 0.05) is 27.1 Å². The molecule has 168 valence electrons. The van der Waals surface area contributed by atoms with Crippen LogP contribution in [-0.4, -0.2) is 17.9 Å². The molecule has 0 amide bonds. The average Bonchev–Trinajstić information content (AvgIpc) is 3.26. The summed E-state index contributed by atoms with van der Waals surface area (Å²) in [7, 11) is 0. The second-order valence-electron chi connectivity index (χ2n) is 8.51. The number of aryl methyl sites for hydroxylation is 1. The Morgan fingerprint density at radius 1 is 1.06 bits per heavy atom. The van der Waals surface area contributed by atoms with Crippen LogP contribution in [0, 0.1) is 5.41 Å². The molecule has 0 aromatic heterocycles. The van der Waals surface area contributed by atoms with E-state index < -0.39 is 0 Å². The second kappa shape index (κ2) is 10.5. The molecule has 1 heterocycles. The minimum absolute atomic E-state index is 0.00623. The lowest BCUT2D eigenvalue weighted by Crippen LogP contribution is -2.41. The van der Waals surface area contributed by atoms with Crippen molar-refractivity contribution in [2.24, 2.45) is 15.8 Å². The van der Waals surface area contributed by atoms with Gasteiger partial charge in [0.2, 0.25) is 0 Å². The fourth-order valence-electron chi connectivity index (χ4n) is 3.70. The highest BCUT2D eigenvalue weighted by Crippen LogP contribution is 2.38. The Balaban J connectivity index is 1.54. The van der Waals surface area contributed by atoms with Crippen molar-refractivity contribution in [3.8, 4) is 22.6 Å². The molecule has 6 nitrogen and oxygen atoms in total. The van der Waals surface area contributed by atoms with Crippen molar-refractivity contribution in [3.63, 3.8) is 0 Å². The molecule has 0 spiro atoms. The number of nitrogens with one attached hydrogen (secondary N) is 2. The van der Waals surface area contributed by atoms with E-state index in [1.54, 1.807) is 24.3 Å². The van der Waals surface area contributed by atoms with Gasteiger partial charge in [-0.05, 0) is 54.7 Å². The maximum atomic E-state index is 10.6. The van der Waals surface area contributed by atoms with E-state index in [1.807, 2.05) is 6.07 Å². The molecule has 3 N–H and O–H groups in total. The lowest BCUT2D eigenvalue weighted by Gasteiger charge is -2.27. The Morgan fingerprint density at radius 2 is 1.81 bits per heavy atom. The molecule has 3 rings (SSSR count). The van der Waals surface area contributed by atoms with Crippen LogP contribution in [0.25, 0.3) is 11.1 Å². The highest BCUT2D eigenvalue weighted by atomic mass is 35.5. The number of hydrogen-bond donors (Lipinski definition) is 3. The monoisotopic (exact) mass is 464 g/mol. The summed E-state index contributed by atoms with van der Waals surface area (Å²) in [4.78, 5) is 0. The number of benzene rings is 2. The minimum atomic E-state index is 0.00623. The lowest BCUT2D eigenvalue weighted by atomic mass is 9.84. The molecule has 0 saturated heterocycles. The Bertz CT molecular complexity index is 914. The number of hydrogen-bond acceptors (Lipinski definition) is 6. The number of rotatable bonds is 10. The van der Waals surface area contributed by atoms with Gasteiger partial charge in [-0.1, -0.05) is 62.0 Å². The Labute approximate surface area is 193 Å². The highest BCUT2D eigenvalue weighted by molar-refractivity contribution is 6.35. The van der Waals surface area contributed by atoms with Crippen molar-refractivity contribution in [2.75, 3.05) is 6.61 Å². The zero-order valence-corrected chi connectivity index (χ0v) is 19.7. The molecular weight excluding hydrogens is 435 g/mol. The fourth-order valence-corrected chi connectivity index (χ4v) is 4.23. The molecule has 1 atom stereocenters. The zero-order valence-electron chi connectivity index (χ0n) is 18.2. The predicted molar refractivity (Wildman–Crippen MR) is 126 cm³/mol. The van der Waals surface area contributed by atoms with E-state index in [4.69, 9.17) is 27.9 Å². The quantitative estimate of drug-likeness (QED) is 0.342. The van der Waals surface area contributed by atoms with Crippen LogP contribution in [0.15, 0.2) is 40.7 Å². The van der Waals surface area contributed by atoms with Gasteiger partial charge in [-0.15, -0.1) is 5.11 Å². The first-order valence-electron chi connectivity index (χ1n) is 10.7. The first-order chi connectivity index (χ1) is 14.8. The van der Waals surface area contributed by atoms with Gasteiger partial charge >= 0.3 is 0 Å². The molecule has 0 radical (unpaired) electrons. The van der Waals surface area contributed by atoms with Crippen molar-refractivity contribution in [1.82, 2.24) is 11.0 Å². The van der Waals surface area contributed by atoms with Crippen LogP contribution in [-0.2, 0) is 6.42 Å². The lowest BCUT2D eigenvalue weighted by molar-refractivity contribution is 0.222. The number of nitrogens with zero attached hydrogens (tertiary/aromatic N) is 2. The SMILES string of the molecule is CCc1cc(-c2cc(Cl)cc(Cl)c2)c(O)cc1OCCCCCC(C)(C)C1N=NNN1. The zero-order chi connectivity index (χ0) is 22.4. The van der Waals surface area contributed by atoms with Crippen molar-refractivity contribution in [1.29, 1.82) is 0 Å². The Kier molecular flexibility index (Phi) is 8.03. The average molecular weight is 465 g/mol. The van der Waals surface area contributed by atoms with Crippen LogP contribution in [0.5, 0.6) is 11.5 Å². The van der Waals surface area contributed by atoms with E-state index in [-0.39, 0.29) is 17.3 Å². The number of hydrazine groups is 1. The normalized spacial score (nSPS) is 15.8. The molecule has 0 aliphatic carbocycles. The summed E-state index contributed by atoms with van der Waals surface area (Å²) in [6.07, 6.45) is 4.94. The van der Waals surface area contributed by atoms with Crippen LogP contribution in [0.1, 0.15) is 52.0 Å². The molecule has 0 fully saturated rings. The van der Waals surface area contributed by atoms with Crippen molar-refractivity contribution in [2.45, 2.75) is 59.0 Å². The number of ether oxygens (including phenoxy) is 1. The maximum Gasteiger partial charge on any atom is 0.146 e. The number of halogens is 2. The summed E-state index contributed by atoms with van der Waals surface area (Å²) in [6, 6.07) is 8.90. The minimum Gasteiger partial charge on any atom is -0.507 e. The van der Waals surface area contributed by atoms with E-state index in [9.17, 15) is 5.11 Å². The maximum absolute atomic E-state index is 10.6. The van der Waals surface area contributed by atoms with E-state index >= 15 is 0 Å². The standard InChI is InChI=1S/C23H30Cl2N4O2/c1-4-15-12-19(16-10-17(24)13-18(25)11-16)20(30)14-21(15)31-9-7-5-6-8-23(2,3)22-26-28-29-27-22/h10-14,22,30H,4-9H2,1-3H3,(H,26,29)(H,27,28).